The second kappa shape index (κ2) is 15.1. The summed E-state index contributed by atoms with van der Waals surface area (Å²) in [4.78, 5) is 3.61. The van der Waals surface area contributed by atoms with Gasteiger partial charge in [0.1, 0.15) is 5.75 Å². The Hall–Kier alpha value is -0.770. The van der Waals surface area contributed by atoms with Crippen molar-refractivity contribution in [2.45, 2.75) is 85.8 Å². The molecular formula is C25H35ClOS2. The Morgan fingerprint density at radius 2 is 1.34 bits per heavy atom. The summed E-state index contributed by atoms with van der Waals surface area (Å²) in [5, 5.41) is 0.768. The van der Waals surface area contributed by atoms with E-state index in [-0.39, 0.29) is 0 Å². The van der Waals surface area contributed by atoms with Gasteiger partial charge in [0, 0.05) is 14.8 Å². The maximum Gasteiger partial charge on any atom is 0.133 e. The van der Waals surface area contributed by atoms with Gasteiger partial charge in [-0.25, -0.2) is 0 Å². The molecule has 29 heavy (non-hydrogen) atoms. The molecule has 0 aromatic heterocycles. The van der Waals surface area contributed by atoms with Crippen molar-refractivity contribution >= 4 is 35.1 Å². The summed E-state index contributed by atoms with van der Waals surface area (Å²) in [6.07, 6.45) is 15.5. The third kappa shape index (κ3) is 10.2. The van der Waals surface area contributed by atoms with E-state index in [2.05, 4.69) is 43.5 Å². The Bertz CT molecular complexity index is 688. The van der Waals surface area contributed by atoms with Crippen LogP contribution in [0.1, 0.15) is 71.1 Å². The molecule has 0 aliphatic carbocycles. The van der Waals surface area contributed by atoms with Crippen LogP contribution in [0.15, 0.2) is 57.2 Å². The van der Waals surface area contributed by atoms with E-state index in [4.69, 9.17) is 16.3 Å². The van der Waals surface area contributed by atoms with Crippen molar-refractivity contribution in [1.29, 1.82) is 0 Å². The zero-order chi connectivity index (χ0) is 20.7. The minimum atomic E-state index is 0.768. The van der Waals surface area contributed by atoms with Crippen LogP contribution in [-0.2, 0) is 0 Å². The molecule has 0 atom stereocenters. The number of hydrogen-bond acceptors (Lipinski definition) is 3. The molecule has 0 fully saturated rings. The predicted octanol–water partition coefficient (Wildman–Crippen LogP) is 9.51. The van der Waals surface area contributed by atoms with Gasteiger partial charge in [-0.15, -0.1) is 11.8 Å². The van der Waals surface area contributed by atoms with Gasteiger partial charge in [-0.3, -0.25) is 0 Å². The van der Waals surface area contributed by atoms with Crippen LogP contribution in [0.25, 0.3) is 0 Å². The van der Waals surface area contributed by atoms with Crippen LogP contribution in [0, 0.1) is 0 Å². The fraction of sp³-hybridized carbons (Fsp3) is 0.520. The standard InChI is InChI=1S/C25H35ClOS2/c1-3-4-5-6-7-8-9-10-11-12-19-27-24-18-17-23(28-2)20-25(24)29-22-15-13-21(26)14-16-22/h13-18,20H,3-12,19H2,1-2H3. The lowest BCUT2D eigenvalue weighted by Crippen LogP contribution is -1.98. The van der Waals surface area contributed by atoms with Crippen molar-refractivity contribution < 1.29 is 4.74 Å². The van der Waals surface area contributed by atoms with Gasteiger partial charge in [0.15, 0.2) is 0 Å². The van der Waals surface area contributed by atoms with E-state index in [0.29, 0.717) is 0 Å². The van der Waals surface area contributed by atoms with Gasteiger partial charge < -0.3 is 4.74 Å². The smallest absolute Gasteiger partial charge is 0.133 e. The molecule has 0 unspecified atom stereocenters. The first-order valence-electron chi connectivity index (χ1n) is 11.0. The summed E-state index contributed by atoms with van der Waals surface area (Å²) in [6.45, 7) is 3.07. The predicted molar refractivity (Wildman–Crippen MR) is 131 cm³/mol. The molecule has 160 valence electrons. The van der Waals surface area contributed by atoms with Gasteiger partial charge in [-0.05, 0) is 55.1 Å². The summed E-state index contributed by atoms with van der Waals surface area (Å²) in [7, 11) is 0. The largest absolute Gasteiger partial charge is 0.492 e. The summed E-state index contributed by atoms with van der Waals surface area (Å²) in [5.41, 5.74) is 0. The average Bonchev–Trinajstić information content (AvgIpc) is 2.74. The molecule has 0 amide bonds. The fourth-order valence-corrected chi connectivity index (χ4v) is 4.80. The van der Waals surface area contributed by atoms with Crippen LogP contribution in [0.4, 0.5) is 0 Å². The average molecular weight is 451 g/mol. The van der Waals surface area contributed by atoms with Crippen molar-refractivity contribution in [3.8, 4) is 5.75 Å². The molecule has 0 saturated heterocycles. The third-order valence-corrected chi connectivity index (χ3v) is 6.97. The zero-order valence-electron chi connectivity index (χ0n) is 17.9. The molecule has 1 nitrogen and oxygen atoms in total. The zero-order valence-corrected chi connectivity index (χ0v) is 20.3. The molecule has 2 aromatic rings. The second-order valence-electron chi connectivity index (χ2n) is 7.40. The highest BCUT2D eigenvalue weighted by atomic mass is 35.5. The normalized spacial score (nSPS) is 11.0. The van der Waals surface area contributed by atoms with Crippen molar-refractivity contribution in [2.75, 3.05) is 12.9 Å². The first-order valence-corrected chi connectivity index (χ1v) is 13.4. The fourth-order valence-electron chi connectivity index (χ4n) is 3.22. The van der Waals surface area contributed by atoms with E-state index in [1.165, 1.54) is 72.5 Å². The molecule has 0 N–H and O–H groups in total. The molecule has 0 spiro atoms. The topological polar surface area (TPSA) is 9.23 Å². The van der Waals surface area contributed by atoms with Crippen LogP contribution in [0.3, 0.4) is 0 Å². The molecule has 0 bridgehead atoms. The van der Waals surface area contributed by atoms with E-state index in [1.807, 2.05) is 12.1 Å². The maximum atomic E-state index is 6.15. The van der Waals surface area contributed by atoms with Crippen molar-refractivity contribution in [3.05, 3.63) is 47.5 Å². The lowest BCUT2D eigenvalue weighted by atomic mass is 10.1. The highest BCUT2D eigenvalue weighted by molar-refractivity contribution is 8.00. The monoisotopic (exact) mass is 450 g/mol. The van der Waals surface area contributed by atoms with Crippen LogP contribution < -0.4 is 4.74 Å². The van der Waals surface area contributed by atoms with Crippen LogP contribution in [0.5, 0.6) is 5.75 Å². The van der Waals surface area contributed by atoms with Crippen molar-refractivity contribution in [3.63, 3.8) is 0 Å². The Morgan fingerprint density at radius 1 is 0.759 bits per heavy atom. The highest BCUT2D eigenvalue weighted by Crippen LogP contribution is 2.37. The van der Waals surface area contributed by atoms with Crippen molar-refractivity contribution in [1.82, 2.24) is 0 Å². The number of thioether (sulfide) groups is 1. The number of benzene rings is 2. The van der Waals surface area contributed by atoms with Crippen LogP contribution in [0.2, 0.25) is 5.02 Å². The Labute approximate surface area is 191 Å². The molecule has 0 aliphatic heterocycles. The van der Waals surface area contributed by atoms with Gasteiger partial charge in [-0.2, -0.15) is 0 Å². The summed E-state index contributed by atoms with van der Waals surface area (Å²) >= 11 is 9.51. The molecular weight excluding hydrogens is 416 g/mol. The number of halogens is 1. The van der Waals surface area contributed by atoms with E-state index in [1.54, 1.807) is 23.5 Å². The molecule has 0 aliphatic rings. The minimum absolute atomic E-state index is 0.768. The van der Waals surface area contributed by atoms with Gasteiger partial charge in [0.05, 0.1) is 11.5 Å². The van der Waals surface area contributed by atoms with Gasteiger partial charge in [-0.1, -0.05) is 88.1 Å². The molecule has 2 aromatic carbocycles. The van der Waals surface area contributed by atoms with Gasteiger partial charge >= 0.3 is 0 Å². The molecule has 0 heterocycles. The third-order valence-electron chi connectivity index (χ3n) is 4.95. The minimum Gasteiger partial charge on any atom is -0.492 e. The molecule has 0 radical (unpaired) electrons. The van der Waals surface area contributed by atoms with E-state index < -0.39 is 0 Å². The summed E-state index contributed by atoms with van der Waals surface area (Å²) in [5.74, 6) is 0.985. The maximum absolute atomic E-state index is 6.15. The van der Waals surface area contributed by atoms with E-state index >= 15 is 0 Å². The van der Waals surface area contributed by atoms with E-state index in [9.17, 15) is 0 Å². The number of ether oxygens (including phenoxy) is 1. The molecule has 4 heteroatoms. The number of unbranched alkanes of at least 4 members (excludes halogenated alkanes) is 9. The summed E-state index contributed by atoms with van der Waals surface area (Å²) < 4.78 is 6.15. The quantitative estimate of drug-likeness (QED) is 0.197. The second-order valence-corrected chi connectivity index (χ2v) is 9.83. The highest BCUT2D eigenvalue weighted by Gasteiger charge is 2.08. The Balaban J connectivity index is 1.72. The SMILES string of the molecule is CCCCCCCCCCCCOc1ccc(SC)cc1Sc1ccc(Cl)cc1. The number of rotatable bonds is 15. The van der Waals surface area contributed by atoms with Crippen LogP contribution in [-0.4, -0.2) is 12.9 Å². The van der Waals surface area contributed by atoms with Crippen molar-refractivity contribution in [2.24, 2.45) is 0 Å². The van der Waals surface area contributed by atoms with Gasteiger partial charge in [0.2, 0.25) is 0 Å². The lowest BCUT2D eigenvalue weighted by molar-refractivity contribution is 0.297. The van der Waals surface area contributed by atoms with Crippen LogP contribution >= 0.6 is 35.1 Å². The first-order chi connectivity index (χ1) is 14.2. The van der Waals surface area contributed by atoms with Gasteiger partial charge in [0.25, 0.3) is 0 Å². The Morgan fingerprint density at radius 3 is 1.97 bits per heavy atom. The molecule has 0 saturated carbocycles. The lowest BCUT2D eigenvalue weighted by Gasteiger charge is -2.13. The number of hydrogen-bond donors (Lipinski definition) is 0. The summed E-state index contributed by atoms with van der Waals surface area (Å²) in [6, 6.07) is 14.5. The molecule has 2 rings (SSSR count). The Kier molecular flexibility index (Phi) is 12.8. The van der Waals surface area contributed by atoms with E-state index in [0.717, 1.165) is 23.8 Å². The first kappa shape index (κ1) is 24.5.